The van der Waals surface area contributed by atoms with Gasteiger partial charge in [0.1, 0.15) is 5.76 Å². The third-order valence-electron chi connectivity index (χ3n) is 6.36. The number of H-pyrrole nitrogens is 1. The number of oxazole rings is 1. The highest BCUT2D eigenvalue weighted by Crippen LogP contribution is 2.50. The molecular formula is C26H23F6N3O3. The Morgan fingerprint density at radius 1 is 1.03 bits per heavy atom. The lowest BCUT2D eigenvalue weighted by atomic mass is 9.90. The lowest BCUT2D eigenvalue weighted by Crippen LogP contribution is -2.53. The van der Waals surface area contributed by atoms with Crippen LogP contribution in [0.25, 0.3) is 22.4 Å². The zero-order chi connectivity index (χ0) is 28.2. The molecule has 0 aliphatic carbocycles. The van der Waals surface area contributed by atoms with E-state index in [0.29, 0.717) is 51.5 Å². The van der Waals surface area contributed by atoms with Gasteiger partial charge in [0.25, 0.3) is 11.5 Å². The van der Waals surface area contributed by atoms with Crippen molar-refractivity contribution < 1.29 is 40.7 Å². The van der Waals surface area contributed by atoms with Crippen LogP contribution in [0.5, 0.6) is 0 Å². The van der Waals surface area contributed by atoms with E-state index in [2.05, 4.69) is 9.97 Å². The fourth-order valence-electron chi connectivity index (χ4n) is 4.25. The van der Waals surface area contributed by atoms with E-state index in [9.17, 15) is 36.2 Å². The third kappa shape index (κ3) is 4.53. The van der Waals surface area contributed by atoms with Crippen LogP contribution in [0.15, 0.2) is 46.9 Å². The third-order valence-corrected chi connectivity index (χ3v) is 6.36. The number of fused-ring (bicyclic) bond motifs is 1. The summed E-state index contributed by atoms with van der Waals surface area (Å²) in [6.45, 7) is 3.25. The van der Waals surface area contributed by atoms with Gasteiger partial charge in [0.05, 0.1) is 5.69 Å². The summed E-state index contributed by atoms with van der Waals surface area (Å²) in [7, 11) is 3.23. The number of aliphatic hydroxyl groups is 1. The molecule has 2 heterocycles. The summed E-state index contributed by atoms with van der Waals surface area (Å²) in [6, 6.07) is 8.97. The second-order valence-electron chi connectivity index (χ2n) is 9.17. The summed E-state index contributed by atoms with van der Waals surface area (Å²) in [6.07, 6.45) is -12.0. The van der Waals surface area contributed by atoms with E-state index in [1.165, 1.54) is 4.90 Å². The quantitative estimate of drug-likeness (QED) is 0.303. The molecule has 6 nitrogen and oxygen atoms in total. The Bertz CT molecular complexity index is 1500. The first-order chi connectivity index (χ1) is 17.5. The summed E-state index contributed by atoms with van der Waals surface area (Å²) in [5.41, 5.74) is -3.86. The highest BCUT2D eigenvalue weighted by molar-refractivity contribution is 5.95. The van der Waals surface area contributed by atoms with Crippen molar-refractivity contribution in [2.75, 3.05) is 14.1 Å². The van der Waals surface area contributed by atoms with Crippen molar-refractivity contribution >= 4 is 16.8 Å². The zero-order valence-corrected chi connectivity index (χ0v) is 20.7. The number of carbonyl (C=O) groups excluding carboxylic acids is 1. The smallest absolute Gasteiger partial charge is 0.430 e. The minimum absolute atomic E-state index is 0.0252. The van der Waals surface area contributed by atoms with Crippen LogP contribution >= 0.6 is 0 Å². The van der Waals surface area contributed by atoms with Gasteiger partial charge in [0.2, 0.25) is 5.89 Å². The largest absolute Gasteiger partial charge is 0.441 e. The van der Waals surface area contributed by atoms with E-state index in [1.807, 2.05) is 0 Å². The Hall–Kier alpha value is -3.80. The Labute approximate surface area is 212 Å². The maximum absolute atomic E-state index is 13.5. The van der Waals surface area contributed by atoms with Crippen LogP contribution in [0.2, 0.25) is 0 Å². The molecule has 0 radical (unpaired) electrons. The molecule has 4 rings (SSSR count). The van der Waals surface area contributed by atoms with Gasteiger partial charge < -0.3 is 19.4 Å². The number of carbonyl (C=O) groups is 1. The molecule has 2 N–H and O–H groups in total. The molecule has 0 bridgehead atoms. The van der Waals surface area contributed by atoms with Crippen LogP contribution in [0.4, 0.5) is 26.3 Å². The van der Waals surface area contributed by atoms with E-state index >= 15 is 0 Å². The molecule has 0 aliphatic heterocycles. The van der Waals surface area contributed by atoms with Crippen LogP contribution < -0.4 is 0 Å². The van der Waals surface area contributed by atoms with Gasteiger partial charge in [0, 0.05) is 53.8 Å². The Morgan fingerprint density at radius 3 is 2.29 bits per heavy atom. The van der Waals surface area contributed by atoms with Crippen molar-refractivity contribution in [2.24, 2.45) is 0 Å². The maximum Gasteiger partial charge on any atom is 0.430 e. The lowest BCUT2D eigenvalue weighted by molar-refractivity contribution is -0.376. The molecule has 2 aromatic carbocycles. The van der Waals surface area contributed by atoms with Crippen LogP contribution in [0, 0.1) is 13.8 Å². The van der Waals surface area contributed by atoms with E-state index in [0.717, 1.165) is 6.07 Å². The molecule has 38 heavy (non-hydrogen) atoms. The Morgan fingerprint density at radius 2 is 1.68 bits per heavy atom. The van der Waals surface area contributed by atoms with Crippen molar-refractivity contribution in [1.29, 1.82) is 0 Å². The second kappa shape index (κ2) is 9.19. The van der Waals surface area contributed by atoms with Crippen LogP contribution in [-0.2, 0) is 12.0 Å². The zero-order valence-electron chi connectivity index (χ0n) is 20.7. The fourth-order valence-corrected chi connectivity index (χ4v) is 4.25. The van der Waals surface area contributed by atoms with Crippen LogP contribution in [0.1, 0.15) is 38.6 Å². The molecule has 12 heteroatoms. The van der Waals surface area contributed by atoms with Crippen molar-refractivity contribution in [1.82, 2.24) is 14.9 Å². The number of hydrogen-bond donors (Lipinski definition) is 2. The van der Waals surface area contributed by atoms with Gasteiger partial charge >= 0.3 is 12.4 Å². The average molecular weight is 539 g/mol. The topological polar surface area (TPSA) is 82.4 Å². The summed E-state index contributed by atoms with van der Waals surface area (Å²) in [4.78, 5) is 21.2. The van der Waals surface area contributed by atoms with Crippen molar-refractivity contribution in [3.8, 4) is 11.5 Å². The standard InChI is InChI=1S/C26H23F6N3O3/c1-13-18(19-11-17(8-9-20(19)33-13)24(37,25(27,28)29)26(30,31)32)12-21-14(2)38-22(34-21)15-6-5-7-16(10-15)23(36)35(3)4/h5-11,33,37H,12H2,1-4H3. The van der Waals surface area contributed by atoms with E-state index < -0.39 is 23.5 Å². The van der Waals surface area contributed by atoms with Gasteiger partial charge in [-0.15, -0.1) is 0 Å². The first kappa shape index (κ1) is 27.2. The number of rotatable bonds is 5. The molecule has 0 fully saturated rings. The first-order valence-electron chi connectivity index (χ1n) is 11.3. The fraction of sp³-hybridized carbons (Fsp3) is 0.308. The number of aromatic amines is 1. The number of benzene rings is 2. The van der Waals surface area contributed by atoms with Crippen molar-refractivity contribution in [2.45, 2.75) is 38.2 Å². The average Bonchev–Trinajstić information content (AvgIpc) is 3.35. The molecule has 0 aliphatic rings. The van der Waals surface area contributed by atoms with E-state index in [4.69, 9.17) is 4.42 Å². The van der Waals surface area contributed by atoms with Gasteiger partial charge in [-0.25, -0.2) is 4.98 Å². The number of amides is 1. The summed E-state index contributed by atoms with van der Waals surface area (Å²) in [5, 5.41) is 9.94. The van der Waals surface area contributed by atoms with Gasteiger partial charge in [-0.1, -0.05) is 12.1 Å². The summed E-state index contributed by atoms with van der Waals surface area (Å²) < 4.78 is 86.5. The molecule has 0 atom stereocenters. The normalized spacial score (nSPS) is 12.8. The predicted molar refractivity (Wildman–Crippen MR) is 127 cm³/mol. The molecule has 202 valence electrons. The highest BCUT2D eigenvalue weighted by Gasteiger charge is 2.71. The summed E-state index contributed by atoms with van der Waals surface area (Å²) >= 11 is 0. The number of nitrogens with one attached hydrogen (secondary N) is 1. The van der Waals surface area contributed by atoms with Crippen LogP contribution in [0.3, 0.4) is 0 Å². The van der Waals surface area contributed by atoms with Gasteiger partial charge in [-0.05, 0) is 49.7 Å². The monoisotopic (exact) mass is 539 g/mol. The number of alkyl halides is 6. The number of hydrogen-bond acceptors (Lipinski definition) is 4. The molecule has 0 unspecified atom stereocenters. The van der Waals surface area contributed by atoms with Crippen molar-refractivity contribution in [3.05, 3.63) is 76.3 Å². The number of aryl methyl sites for hydroxylation is 2. The predicted octanol–water partition coefficient (Wildman–Crippen LogP) is 6.04. The molecule has 2 aromatic heterocycles. The molecular weight excluding hydrogens is 516 g/mol. The Balaban J connectivity index is 1.76. The SMILES string of the molecule is Cc1[nH]c2ccc(C(O)(C(F)(F)F)C(F)(F)F)cc2c1Cc1nc(-c2cccc(C(=O)N(C)C)c2)oc1C. The van der Waals surface area contributed by atoms with Crippen LogP contribution in [-0.4, -0.2) is 52.3 Å². The minimum Gasteiger partial charge on any atom is -0.441 e. The van der Waals surface area contributed by atoms with Crippen molar-refractivity contribution in [3.63, 3.8) is 0 Å². The number of halogens is 6. The van der Waals surface area contributed by atoms with Gasteiger partial charge in [-0.3, -0.25) is 4.79 Å². The maximum atomic E-state index is 13.5. The first-order valence-corrected chi connectivity index (χ1v) is 11.3. The minimum atomic E-state index is -6.00. The van der Waals surface area contributed by atoms with Gasteiger partial charge in [-0.2, -0.15) is 26.3 Å². The Kier molecular flexibility index (Phi) is 6.59. The summed E-state index contributed by atoms with van der Waals surface area (Å²) in [5.74, 6) is 0.363. The molecule has 0 saturated carbocycles. The van der Waals surface area contributed by atoms with Gasteiger partial charge in [0.15, 0.2) is 0 Å². The molecule has 0 saturated heterocycles. The van der Waals surface area contributed by atoms with E-state index in [-0.39, 0.29) is 23.6 Å². The number of nitrogens with zero attached hydrogens (tertiary/aromatic N) is 2. The van der Waals surface area contributed by atoms with E-state index in [1.54, 1.807) is 52.2 Å². The molecule has 4 aromatic rings. The second-order valence-corrected chi connectivity index (χ2v) is 9.17. The molecule has 0 spiro atoms. The number of aromatic nitrogens is 2. The lowest BCUT2D eigenvalue weighted by Gasteiger charge is -2.32. The highest BCUT2D eigenvalue weighted by atomic mass is 19.4. The molecule has 1 amide bonds.